The molecule has 4 aliphatic carbocycles. The number of aliphatic hydroxyl groups is 1. The number of urea groups is 1. The van der Waals surface area contributed by atoms with Crippen LogP contribution in [0.1, 0.15) is 51.4 Å². The first-order chi connectivity index (χ1) is 16.9. The van der Waals surface area contributed by atoms with Gasteiger partial charge in [-0.25, -0.2) is 4.79 Å². The predicted octanol–water partition coefficient (Wildman–Crippen LogP) is 4.22. The van der Waals surface area contributed by atoms with E-state index >= 15 is 0 Å². The maximum atomic E-state index is 13.0. The Hall–Kier alpha value is -2.54. The smallest absolute Gasteiger partial charge is 0.317 e. The Balaban J connectivity index is 0.927. The summed E-state index contributed by atoms with van der Waals surface area (Å²) in [5.74, 6) is 3.09. The summed E-state index contributed by atoms with van der Waals surface area (Å²) in [5.41, 5.74) is 1.80. The van der Waals surface area contributed by atoms with Gasteiger partial charge >= 0.3 is 6.03 Å². The molecule has 5 fully saturated rings. The van der Waals surface area contributed by atoms with E-state index in [1.807, 2.05) is 41.2 Å². The molecular formula is C28H38N4O3. The van der Waals surface area contributed by atoms with Crippen LogP contribution in [-0.4, -0.2) is 57.2 Å². The maximum absolute atomic E-state index is 13.0. The highest BCUT2D eigenvalue weighted by Gasteiger charge is 2.55. The number of nitrogens with one attached hydrogen (secondary N) is 1. The molecule has 1 aromatic carbocycles. The van der Waals surface area contributed by atoms with Gasteiger partial charge in [-0.2, -0.15) is 5.10 Å². The molecule has 1 saturated heterocycles. The highest BCUT2D eigenvalue weighted by Crippen LogP contribution is 2.55. The summed E-state index contributed by atoms with van der Waals surface area (Å²) >= 11 is 0. The third-order valence-electron chi connectivity index (χ3n) is 9.12. The number of amides is 2. The fourth-order valence-electron chi connectivity index (χ4n) is 7.53. The number of carbonyl (C=O) groups is 1. The van der Waals surface area contributed by atoms with E-state index in [2.05, 4.69) is 22.5 Å². The lowest BCUT2D eigenvalue weighted by atomic mass is 9.52. The Kier molecular flexibility index (Phi) is 5.99. The van der Waals surface area contributed by atoms with Gasteiger partial charge in [0.2, 0.25) is 0 Å². The van der Waals surface area contributed by atoms with Gasteiger partial charge in [-0.1, -0.05) is 12.1 Å². The Labute approximate surface area is 207 Å². The molecule has 5 aliphatic rings. The van der Waals surface area contributed by atoms with E-state index < -0.39 is 5.60 Å². The minimum atomic E-state index is -0.445. The first-order valence-electron chi connectivity index (χ1n) is 13.4. The summed E-state index contributed by atoms with van der Waals surface area (Å²) in [6, 6.07) is 8.57. The Morgan fingerprint density at radius 3 is 2.46 bits per heavy atom. The molecule has 7 heteroatoms. The van der Waals surface area contributed by atoms with Crippen molar-refractivity contribution in [2.75, 3.05) is 19.7 Å². The van der Waals surface area contributed by atoms with Gasteiger partial charge in [0.1, 0.15) is 5.75 Å². The Bertz CT molecular complexity index is 1030. The van der Waals surface area contributed by atoms with Gasteiger partial charge in [-0.05, 0) is 92.7 Å². The number of nitrogens with zero attached hydrogens (tertiary/aromatic N) is 3. The molecule has 2 atom stereocenters. The molecular weight excluding hydrogens is 440 g/mol. The lowest BCUT2D eigenvalue weighted by Gasteiger charge is -2.58. The van der Waals surface area contributed by atoms with Crippen LogP contribution in [0.25, 0.3) is 11.1 Å². The van der Waals surface area contributed by atoms with Crippen LogP contribution in [0.5, 0.6) is 5.75 Å². The van der Waals surface area contributed by atoms with Gasteiger partial charge in [0, 0.05) is 37.9 Å². The van der Waals surface area contributed by atoms with Crippen LogP contribution in [-0.2, 0) is 7.05 Å². The van der Waals surface area contributed by atoms with Crippen molar-refractivity contribution in [2.24, 2.45) is 30.7 Å². The second-order valence-corrected chi connectivity index (χ2v) is 11.7. The molecule has 1 aromatic heterocycles. The van der Waals surface area contributed by atoms with E-state index in [9.17, 15) is 9.90 Å². The summed E-state index contributed by atoms with van der Waals surface area (Å²) in [4.78, 5) is 15.0. The second kappa shape index (κ2) is 9.16. The Morgan fingerprint density at radius 2 is 1.83 bits per heavy atom. The number of piperidine rings is 1. The van der Waals surface area contributed by atoms with Crippen molar-refractivity contribution in [1.29, 1.82) is 0 Å². The number of hydrogen-bond acceptors (Lipinski definition) is 4. The first kappa shape index (κ1) is 22.9. The minimum absolute atomic E-state index is 0.109. The van der Waals surface area contributed by atoms with E-state index in [1.165, 1.54) is 12.8 Å². The van der Waals surface area contributed by atoms with Crippen LogP contribution < -0.4 is 10.1 Å². The van der Waals surface area contributed by atoms with Crippen LogP contribution >= 0.6 is 0 Å². The van der Waals surface area contributed by atoms with Crippen molar-refractivity contribution >= 4 is 6.03 Å². The molecule has 2 unspecified atom stereocenters. The van der Waals surface area contributed by atoms with Gasteiger partial charge in [-0.15, -0.1) is 0 Å². The molecule has 4 saturated carbocycles. The lowest BCUT2D eigenvalue weighted by Crippen LogP contribution is -2.63. The lowest BCUT2D eigenvalue weighted by molar-refractivity contribution is -0.137. The molecule has 4 bridgehead atoms. The summed E-state index contributed by atoms with van der Waals surface area (Å²) in [6.07, 6.45) is 12.1. The Morgan fingerprint density at radius 1 is 1.11 bits per heavy atom. The highest BCUT2D eigenvalue weighted by molar-refractivity contribution is 5.74. The van der Waals surface area contributed by atoms with E-state index in [0.29, 0.717) is 30.3 Å². The van der Waals surface area contributed by atoms with Crippen LogP contribution in [0.2, 0.25) is 0 Å². The van der Waals surface area contributed by atoms with Crippen molar-refractivity contribution in [3.63, 3.8) is 0 Å². The summed E-state index contributed by atoms with van der Waals surface area (Å²) in [6.45, 7) is 2.36. The highest BCUT2D eigenvalue weighted by atomic mass is 16.5. The van der Waals surface area contributed by atoms with Crippen molar-refractivity contribution < 1.29 is 14.6 Å². The van der Waals surface area contributed by atoms with Gasteiger partial charge in [0.15, 0.2) is 0 Å². The van der Waals surface area contributed by atoms with Crippen LogP contribution in [0.15, 0.2) is 36.7 Å². The largest absolute Gasteiger partial charge is 0.494 e. The third kappa shape index (κ3) is 4.80. The molecule has 2 amide bonds. The zero-order chi connectivity index (χ0) is 24.0. The standard InChI is InChI=1S/C28H38N4O3/c1-31-18-24(17-29-31)21-2-4-25(5-3-21)35-11-8-19-6-9-32(10-7-19)27(33)30-26-22-12-20-13-23(26)16-28(34,14-20)15-22/h2-5,17-20,22-23,26,34H,6-16H2,1H3,(H,30,33). The van der Waals surface area contributed by atoms with E-state index in [0.717, 1.165) is 68.5 Å². The summed E-state index contributed by atoms with van der Waals surface area (Å²) in [7, 11) is 1.92. The van der Waals surface area contributed by atoms with E-state index in [1.54, 1.807) is 0 Å². The molecule has 188 valence electrons. The van der Waals surface area contributed by atoms with Crippen LogP contribution in [0.4, 0.5) is 4.79 Å². The maximum Gasteiger partial charge on any atom is 0.317 e. The van der Waals surface area contributed by atoms with E-state index in [-0.39, 0.29) is 12.1 Å². The number of ether oxygens (including phenoxy) is 1. The number of likely N-dealkylation sites (tertiary alicyclic amines) is 1. The number of benzene rings is 1. The normalized spacial score (nSPS) is 32.1. The van der Waals surface area contributed by atoms with Gasteiger partial charge in [0.25, 0.3) is 0 Å². The van der Waals surface area contributed by atoms with Crippen molar-refractivity contribution in [3.8, 4) is 16.9 Å². The molecule has 7 nitrogen and oxygen atoms in total. The molecule has 0 radical (unpaired) electrons. The van der Waals surface area contributed by atoms with Gasteiger partial charge in [0.05, 0.1) is 18.4 Å². The molecule has 2 heterocycles. The average molecular weight is 479 g/mol. The number of rotatable bonds is 6. The fraction of sp³-hybridized carbons (Fsp3) is 0.643. The molecule has 2 N–H and O–H groups in total. The van der Waals surface area contributed by atoms with Crippen molar-refractivity contribution in [3.05, 3.63) is 36.7 Å². The molecule has 1 aliphatic heterocycles. The van der Waals surface area contributed by atoms with Gasteiger partial charge < -0.3 is 20.1 Å². The molecule has 2 aromatic rings. The number of aromatic nitrogens is 2. The summed E-state index contributed by atoms with van der Waals surface area (Å²) < 4.78 is 7.82. The minimum Gasteiger partial charge on any atom is -0.494 e. The average Bonchev–Trinajstić information content (AvgIpc) is 3.27. The molecule has 0 spiro atoms. The zero-order valence-electron chi connectivity index (χ0n) is 20.7. The van der Waals surface area contributed by atoms with Crippen molar-refractivity contribution in [1.82, 2.24) is 20.0 Å². The SMILES string of the molecule is Cn1cc(-c2ccc(OCCC3CCN(C(=O)NC4C5CC6CC4CC(O)(C6)C5)CC3)cc2)cn1. The van der Waals surface area contributed by atoms with E-state index in [4.69, 9.17) is 4.74 Å². The first-order valence-corrected chi connectivity index (χ1v) is 13.4. The number of hydrogen-bond donors (Lipinski definition) is 2. The third-order valence-corrected chi connectivity index (χ3v) is 9.12. The summed E-state index contributed by atoms with van der Waals surface area (Å²) in [5, 5.41) is 18.4. The number of carbonyl (C=O) groups excluding carboxylic acids is 1. The van der Waals surface area contributed by atoms with Crippen molar-refractivity contribution in [2.45, 2.75) is 63.0 Å². The van der Waals surface area contributed by atoms with Crippen LogP contribution in [0, 0.1) is 23.7 Å². The van der Waals surface area contributed by atoms with Gasteiger partial charge in [-0.3, -0.25) is 4.68 Å². The fourth-order valence-corrected chi connectivity index (χ4v) is 7.53. The topological polar surface area (TPSA) is 79.6 Å². The molecule has 7 rings (SSSR count). The molecule has 35 heavy (non-hydrogen) atoms. The number of aryl methyl sites for hydroxylation is 1. The predicted molar refractivity (Wildman–Crippen MR) is 134 cm³/mol. The monoisotopic (exact) mass is 478 g/mol. The second-order valence-electron chi connectivity index (χ2n) is 11.7. The van der Waals surface area contributed by atoms with Crippen LogP contribution in [0.3, 0.4) is 0 Å². The zero-order valence-corrected chi connectivity index (χ0v) is 20.7. The quantitative estimate of drug-likeness (QED) is 0.652.